The van der Waals surface area contributed by atoms with Crippen molar-refractivity contribution in [2.45, 2.75) is 140 Å². The van der Waals surface area contributed by atoms with E-state index in [0.717, 1.165) is 37.7 Å². The number of hydrogen-bond donors (Lipinski definition) is 5. The highest BCUT2D eigenvalue weighted by Gasteiger charge is 2.76. The highest BCUT2D eigenvalue weighted by Crippen LogP contribution is 2.73. The van der Waals surface area contributed by atoms with Crippen LogP contribution in [0.3, 0.4) is 0 Å². The van der Waals surface area contributed by atoms with Crippen molar-refractivity contribution < 1.29 is 39.4 Å². The van der Waals surface area contributed by atoms with Crippen molar-refractivity contribution in [3.05, 3.63) is 11.6 Å². The van der Waals surface area contributed by atoms with E-state index in [4.69, 9.17) is 14.2 Å². The van der Waals surface area contributed by atoms with Crippen molar-refractivity contribution in [1.82, 2.24) is 5.32 Å². The summed E-state index contributed by atoms with van der Waals surface area (Å²) < 4.78 is 17.7. The summed E-state index contributed by atoms with van der Waals surface area (Å²) >= 11 is 0. The number of hydrogen-bond acceptors (Lipinski definition) is 9. The highest BCUT2D eigenvalue weighted by molar-refractivity contribution is 5.95. The molecule has 46 heavy (non-hydrogen) atoms. The van der Waals surface area contributed by atoms with Crippen molar-refractivity contribution in [1.29, 1.82) is 0 Å². The Labute approximate surface area is 273 Å². The summed E-state index contributed by atoms with van der Waals surface area (Å²) in [5, 5.41) is 51.9. The molecule has 5 N–H and O–H groups in total. The van der Waals surface area contributed by atoms with Crippen LogP contribution in [0.1, 0.15) is 91.9 Å². The smallest absolute Gasteiger partial charge is 0.159 e. The first-order valence-corrected chi connectivity index (χ1v) is 17.8. The van der Waals surface area contributed by atoms with Gasteiger partial charge in [0, 0.05) is 44.1 Å². The van der Waals surface area contributed by atoms with E-state index in [2.05, 4.69) is 24.1 Å². The zero-order valence-corrected chi connectivity index (χ0v) is 28.3. The van der Waals surface area contributed by atoms with Gasteiger partial charge in [-0.2, -0.15) is 0 Å². The summed E-state index contributed by atoms with van der Waals surface area (Å²) in [7, 11) is 1.69. The fourth-order valence-corrected chi connectivity index (χ4v) is 11.8. The van der Waals surface area contributed by atoms with Gasteiger partial charge >= 0.3 is 0 Å². The number of carbonyl (C=O) groups excluding carboxylic acids is 1. The van der Waals surface area contributed by atoms with Gasteiger partial charge in [0.05, 0.1) is 23.2 Å². The lowest BCUT2D eigenvalue weighted by Gasteiger charge is -2.62. The Morgan fingerprint density at radius 2 is 1.80 bits per heavy atom. The number of ketones is 1. The van der Waals surface area contributed by atoms with Gasteiger partial charge in [-0.25, -0.2) is 0 Å². The Balaban J connectivity index is 1.24. The Morgan fingerprint density at radius 1 is 1.02 bits per heavy atom. The number of piperidine rings is 1. The molecular formula is C37H55NO8. The Kier molecular flexibility index (Phi) is 8.18. The second-order valence-corrected chi connectivity index (χ2v) is 16.6. The maximum Gasteiger partial charge on any atom is 0.159 e. The van der Waals surface area contributed by atoms with Crippen molar-refractivity contribution >= 4 is 5.78 Å². The molecule has 3 bridgehead atoms. The first-order valence-electron chi connectivity index (χ1n) is 17.8. The van der Waals surface area contributed by atoms with E-state index in [1.165, 1.54) is 0 Å². The molecule has 0 radical (unpaired) electrons. The standard InChI is InChI=1S/C37H55NO8/c1-21-24-18-22-8-6-11-36(35(4,42)31(40)29(21)46-30(24)32(41)38-22)14-15-37(43)26-20-28(39)27-19-23(45-17-7-16-44-5)9-12-33(27,2)25(26)10-13-34(36,37)3/h20-25,27,29-32,38,40-43H,7-10,12-19H2,1-5H3/t21-,22-,23+,24-,25+,27+,29+,30+,31-,32+,33-,34-,35-,36+,37-/m1/s1. The summed E-state index contributed by atoms with van der Waals surface area (Å²) in [6.45, 7) is 9.27. The lowest BCUT2D eigenvalue weighted by atomic mass is 9.43. The first-order chi connectivity index (χ1) is 21.7. The van der Waals surface area contributed by atoms with Crippen LogP contribution < -0.4 is 5.32 Å². The molecule has 9 heteroatoms. The van der Waals surface area contributed by atoms with Crippen LogP contribution in [0.15, 0.2) is 11.6 Å². The summed E-state index contributed by atoms with van der Waals surface area (Å²) in [5.74, 6) is 6.83. The number of methoxy groups -OCH3 is 1. The molecule has 7 rings (SSSR count). The molecule has 0 amide bonds. The van der Waals surface area contributed by atoms with Gasteiger partial charge < -0.3 is 34.6 Å². The molecule has 15 atom stereocenters. The number of carbonyl (C=O) groups is 1. The van der Waals surface area contributed by atoms with Crippen molar-refractivity contribution in [3.8, 4) is 11.8 Å². The number of fused-ring (bicyclic) bond motifs is 8. The van der Waals surface area contributed by atoms with Gasteiger partial charge in [-0.3, -0.25) is 10.1 Å². The third-order valence-electron chi connectivity index (χ3n) is 14.7. The second kappa shape index (κ2) is 11.3. The minimum Gasteiger partial charge on any atom is -0.387 e. The molecule has 0 aromatic heterocycles. The summed E-state index contributed by atoms with van der Waals surface area (Å²) in [6.07, 6.45) is 5.16. The maximum atomic E-state index is 14.0. The zero-order chi connectivity index (χ0) is 32.9. The normalized spacial score (nSPS) is 54.3. The molecular weight excluding hydrogens is 586 g/mol. The summed E-state index contributed by atoms with van der Waals surface area (Å²) in [6, 6.07) is -0.0377. The molecule has 2 saturated heterocycles. The topological polar surface area (TPSA) is 138 Å². The summed E-state index contributed by atoms with van der Waals surface area (Å²) in [4.78, 5) is 14.0. The number of aliphatic hydroxyl groups is 4. The minimum atomic E-state index is -1.73. The van der Waals surface area contributed by atoms with Crippen LogP contribution >= 0.6 is 0 Å². The maximum absolute atomic E-state index is 14.0. The molecule has 0 unspecified atom stereocenters. The lowest BCUT2D eigenvalue weighted by Crippen LogP contribution is -2.68. The lowest BCUT2D eigenvalue weighted by molar-refractivity contribution is -0.223. The molecule has 9 nitrogen and oxygen atoms in total. The number of allylic oxidation sites excluding steroid dienone is 1. The number of ether oxygens (including phenoxy) is 3. The molecule has 3 saturated carbocycles. The Morgan fingerprint density at radius 3 is 2.57 bits per heavy atom. The van der Waals surface area contributed by atoms with Gasteiger partial charge in [0.25, 0.3) is 0 Å². The van der Waals surface area contributed by atoms with E-state index >= 15 is 0 Å². The molecule has 5 aliphatic carbocycles. The second-order valence-electron chi connectivity index (χ2n) is 16.6. The Bertz CT molecular complexity index is 1320. The molecule has 2 heterocycles. The third kappa shape index (κ3) is 4.40. The molecule has 5 fully saturated rings. The van der Waals surface area contributed by atoms with Crippen LogP contribution in [0.2, 0.25) is 0 Å². The van der Waals surface area contributed by atoms with Gasteiger partial charge in [-0.15, -0.1) is 5.92 Å². The first kappa shape index (κ1) is 33.2. The largest absolute Gasteiger partial charge is 0.387 e. The number of nitrogens with one attached hydrogen (secondary N) is 1. The minimum absolute atomic E-state index is 0.0377. The monoisotopic (exact) mass is 641 g/mol. The van der Waals surface area contributed by atoms with E-state index in [9.17, 15) is 25.2 Å². The van der Waals surface area contributed by atoms with Crippen LogP contribution in [0.25, 0.3) is 0 Å². The van der Waals surface area contributed by atoms with Gasteiger partial charge in [0.1, 0.15) is 24.0 Å². The molecule has 256 valence electrons. The van der Waals surface area contributed by atoms with E-state index in [1.54, 1.807) is 20.1 Å². The third-order valence-corrected chi connectivity index (χ3v) is 14.7. The van der Waals surface area contributed by atoms with E-state index in [1.807, 2.05) is 13.8 Å². The van der Waals surface area contributed by atoms with Crippen molar-refractivity contribution in [2.24, 2.45) is 39.9 Å². The van der Waals surface area contributed by atoms with E-state index < -0.39 is 46.6 Å². The van der Waals surface area contributed by atoms with Crippen LogP contribution in [0.4, 0.5) is 0 Å². The average molecular weight is 642 g/mol. The molecule has 7 aliphatic rings. The fraction of sp³-hybridized carbons (Fsp3) is 0.865. The van der Waals surface area contributed by atoms with Crippen LogP contribution in [-0.2, 0) is 19.0 Å². The zero-order valence-electron chi connectivity index (χ0n) is 28.3. The quantitative estimate of drug-likeness (QED) is 0.227. The van der Waals surface area contributed by atoms with Gasteiger partial charge in [0.15, 0.2) is 5.78 Å². The fourth-order valence-electron chi connectivity index (χ4n) is 11.8. The summed E-state index contributed by atoms with van der Waals surface area (Å²) in [5.41, 5.74) is -4.65. The van der Waals surface area contributed by atoms with Gasteiger partial charge in [-0.1, -0.05) is 26.7 Å². The van der Waals surface area contributed by atoms with Gasteiger partial charge in [-0.05, 0) is 99.5 Å². The van der Waals surface area contributed by atoms with Gasteiger partial charge in [0.2, 0.25) is 0 Å². The number of rotatable bonds is 5. The SMILES string of the molecule is COCCCO[C@H]1CC[C@@]2(C)[C@@H](C1)C(=O)C=C1[C@@H]2CC[C@]2(C)[C@]3(C#CC[C@@H]4C[C@@H]5[C@@H](C)[C@H](O[C@@H]5[C@H](O)N4)[C@@H](O)[C@@]3(C)O)CC[C@@]12O. The predicted octanol–water partition coefficient (Wildman–Crippen LogP) is 2.87. The predicted molar refractivity (Wildman–Crippen MR) is 170 cm³/mol. The van der Waals surface area contributed by atoms with Crippen LogP contribution in [-0.4, -0.2) is 94.4 Å². The van der Waals surface area contributed by atoms with E-state index in [-0.39, 0.29) is 47.0 Å². The molecule has 0 aromatic carbocycles. The average Bonchev–Trinajstić information content (AvgIpc) is 3.47. The Hall–Kier alpha value is -1.35. The number of aliphatic hydroxyl groups excluding tert-OH is 2. The van der Waals surface area contributed by atoms with Crippen LogP contribution in [0.5, 0.6) is 0 Å². The molecule has 2 aliphatic heterocycles. The van der Waals surface area contributed by atoms with Crippen molar-refractivity contribution in [2.75, 3.05) is 20.3 Å². The molecule has 1 spiro atoms. The van der Waals surface area contributed by atoms with E-state index in [0.29, 0.717) is 45.3 Å². The highest BCUT2D eigenvalue weighted by atomic mass is 16.5. The van der Waals surface area contributed by atoms with Crippen molar-refractivity contribution in [3.63, 3.8) is 0 Å². The van der Waals surface area contributed by atoms with Crippen LogP contribution in [0, 0.1) is 51.8 Å². The molecule has 0 aromatic rings.